The van der Waals surface area contributed by atoms with Gasteiger partial charge in [-0.2, -0.15) is 0 Å². The molecule has 3 N–H and O–H groups in total. The quantitative estimate of drug-likeness (QED) is 0.448. The molecule has 3 aromatic rings. The van der Waals surface area contributed by atoms with Gasteiger partial charge in [-0.05, 0) is 49.8 Å². The van der Waals surface area contributed by atoms with Gasteiger partial charge in [0.05, 0.1) is 11.7 Å². The molecule has 140 valence electrons. The molecule has 0 saturated heterocycles. The highest BCUT2D eigenvalue weighted by molar-refractivity contribution is 7.80. The average Bonchev–Trinajstić information content (AvgIpc) is 3.05. The number of nitrogens with two attached hydrogens (primary N) is 1. The van der Waals surface area contributed by atoms with Crippen LogP contribution in [-0.2, 0) is 0 Å². The van der Waals surface area contributed by atoms with E-state index in [1.54, 1.807) is 24.3 Å². The number of rotatable bonds is 7. The summed E-state index contributed by atoms with van der Waals surface area (Å²) in [6, 6.07) is 14.4. The van der Waals surface area contributed by atoms with Crippen LogP contribution in [0.15, 0.2) is 52.9 Å². The van der Waals surface area contributed by atoms with Gasteiger partial charge in [0.25, 0.3) is 0 Å². The molecule has 1 atom stereocenters. The molecule has 1 heterocycles. The monoisotopic (exact) mass is 382 g/mol. The highest BCUT2D eigenvalue weighted by Gasteiger charge is 2.20. The van der Waals surface area contributed by atoms with Crippen molar-refractivity contribution in [3.8, 4) is 5.75 Å². The van der Waals surface area contributed by atoms with Crippen LogP contribution in [0.3, 0.4) is 0 Å². The van der Waals surface area contributed by atoms with Gasteiger partial charge in [-0.3, -0.25) is 4.79 Å². The average molecular weight is 382 g/mol. The fourth-order valence-electron chi connectivity index (χ4n) is 2.94. The van der Waals surface area contributed by atoms with Crippen LogP contribution in [-0.4, -0.2) is 17.0 Å². The summed E-state index contributed by atoms with van der Waals surface area (Å²) >= 11 is 4.89. The van der Waals surface area contributed by atoms with Crippen LogP contribution >= 0.6 is 12.2 Å². The van der Waals surface area contributed by atoms with Gasteiger partial charge >= 0.3 is 0 Å². The summed E-state index contributed by atoms with van der Waals surface area (Å²) in [6.07, 6.45) is 1.83. The number of thiocarbonyl (C=S) groups is 1. The predicted octanol–water partition coefficient (Wildman–Crippen LogP) is 4.89. The Balaban J connectivity index is 1.98. The molecule has 1 unspecified atom stereocenters. The lowest BCUT2D eigenvalue weighted by Gasteiger charge is -2.17. The van der Waals surface area contributed by atoms with Crippen molar-refractivity contribution in [2.75, 3.05) is 5.32 Å². The van der Waals surface area contributed by atoms with Gasteiger partial charge in [-0.15, -0.1) is 0 Å². The third kappa shape index (κ3) is 4.46. The van der Waals surface area contributed by atoms with Gasteiger partial charge in [0.15, 0.2) is 10.9 Å². The molecular weight excluding hydrogens is 360 g/mol. The number of para-hydroxylation sites is 1. The minimum atomic E-state index is -0.230. The Labute approximate surface area is 163 Å². The molecule has 0 aliphatic rings. The molecule has 0 spiro atoms. The first-order chi connectivity index (χ1) is 13.0. The largest absolute Gasteiger partial charge is 0.490 e. The van der Waals surface area contributed by atoms with Crippen LogP contribution in [0.1, 0.15) is 42.8 Å². The van der Waals surface area contributed by atoms with E-state index in [-0.39, 0.29) is 22.8 Å². The van der Waals surface area contributed by atoms with E-state index >= 15 is 0 Å². The number of carbonyl (C=O) groups excluding carboxylic acids is 1. The van der Waals surface area contributed by atoms with E-state index in [2.05, 4.69) is 12.2 Å². The van der Waals surface area contributed by atoms with Gasteiger partial charge in [0.2, 0.25) is 5.78 Å². The SMILES string of the molecule is CCCC(C)Oc1cc(NC(N)=S)ccc1C(=O)c1cc2ccccc2o1. The van der Waals surface area contributed by atoms with Gasteiger partial charge in [0, 0.05) is 17.1 Å². The number of ether oxygens (including phenoxy) is 1. The van der Waals surface area contributed by atoms with Gasteiger partial charge < -0.3 is 20.2 Å². The van der Waals surface area contributed by atoms with E-state index in [9.17, 15) is 4.79 Å². The number of anilines is 1. The molecule has 1 aromatic heterocycles. The summed E-state index contributed by atoms with van der Waals surface area (Å²) in [5.41, 5.74) is 7.33. The third-order valence-electron chi connectivity index (χ3n) is 4.17. The lowest BCUT2D eigenvalue weighted by atomic mass is 10.1. The Morgan fingerprint density at radius 3 is 2.74 bits per heavy atom. The maximum absolute atomic E-state index is 13.1. The second-order valence-corrected chi connectivity index (χ2v) is 6.83. The van der Waals surface area contributed by atoms with Crippen molar-refractivity contribution in [1.82, 2.24) is 0 Å². The third-order valence-corrected chi connectivity index (χ3v) is 4.27. The van der Waals surface area contributed by atoms with E-state index in [1.165, 1.54) is 0 Å². The number of nitrogens with one attached hydrogen (secondary N) is 1. The van der Waals surface area contributed by atoms with Crippen LogP contribution < -0.4 is 15.8 Å². The molecule has 2 aromatic carbocycles. The minimum absolute atomic E-state index is 0.0303. The van der Waals surface area contributed by atoms with Crippen LogP contribution in [0.25, 0.3) is 11.0 Å². The van der Waals surface area contributed by atoms with E-state index in [0.717, 1.165) is 18.2 Å². The maximum Gasteiger partial charge on any atom is 0.231 e. The summed E-state index contributed by atoms with van der Waals surface area (Å²) < 4.78 is 11.8. The van der Waals surface area contributed by atoms with Crippen LogP contribution in [0.2, 0.25) is 0 Å². The van der Waals surface area contributed by atoms with Crippen molar-refractivity contribution in [2.24, 2.45) is 5.73 Å². The first-order valence-corrected chi connectivity index (χ1v) is 9.29. The molecule has 6 heteroatoms. The van der Waals surface area contributed by atoms with Crippen molar-refractivity contribution in [3.63, 3.8) is 0 Å². The smallest absolute Gasteiger partial charge is 0.231 e. The van der Waals surface area contributed by atoms with Crippen molar-refractivity contribution in [1.29, 1.82) is 0 Å². The summed E-state index contributed by atoms with van der Waals surface area (Å²) in [7, 11) is 0. The van der Waals surface area contributed by atoms with Crippen molar-refractivity contribution in [3.05, 3.63) is 59.9 Å². The van der Waals surface area contributed by atoms with Gasteiger partial charge in [-0.1, -0.05) is 31.5 Å². The molecule has 3 rings (SSSR count). The number of hydrogen-bond donors (Lipinski definition) is 2. The second kappa shape index (κ2) is 8.22. The first kappa shape index (κ1) is 18.9. The molecule has 0 fully saturated rings. The standard InChI is InChI=1S/C21H22N2O3S/c1-3-6-13(2)25-18-12-15(23-21(22)27)9-10-16(18)20(24)19-11-14-7-4-5-8-17(14)26-19/h4-5,7-13H,3,6H2,1-2H3,(H3,22,23,27). The fraction of sp³-hybridized carbons (Fsp3) is 0.238. The van der Waals surface area contributed by atoms with Crippen molar-refractivity contribution in [2.45, 2.75) is 32.8 Å². The minimum Gasteiger partial charge on any atom is -0.490 e. The zero-order valence-electron chi connectivity index (χ0n) is 15.3. The normalized spacial score (nSPS) is 11.9. The Morgan fingerprint density at radius 2 is 2.04 bits per heavy atom. The Bertz CT molecular complexity index is 947. The van der Waals surface area contributed by atoms with E-state index in [0.29, 0.717) is 22.6 Å². The van der Waals surface area contributed by atoms with Crippen LogP contribution in [0.4, 0.5) is 5.69 Å². The molecule has 5 nitrogen and oxygen atoms in total. The summed E-state index contributed by atoms with van der Waals surface area (Å²) in [4.78, 5) is 13.1. The molecule has 0 aliphatic heterocycles. The molecular formula is C21H22N2O3S. The summed E-state index contributed by atoms with van der Waals surface area (Å²) in [6.45, 7) is 4.07. The highest BCUT2D eigenvalue weighted by atomic mass is 32.1. The Hall–Kier alpha value is -2.86. The van der Waals surface area contributed by atoms with Crippen LogP contribution in [0, 0.1) is 0 Å². The number of benzene rings is 2. The number of ketones is 1. The molecule has 0 radical (unpaired) electrons. The van der Waals surface area contributed by atoms with E-state index in [4.69, 9.17) is 27.1 Å². The van der Waals surface area contributed by atoms with Crippen molar-refractivity contribution < 1.29 is 13.9 Å². The number of hydrogen-bond acceptors (Lipinski definition) is 4. The molecule has 0 bridgehead atoms. The molecule has 0 saturated carbocycles. The Kier molecular flexibility index (Phi) is 5.76. The first-order valence-electron chi connectivity index (χ1n) is 8.88. The second-order valence-electron chi connectivity index (χ2n) is 6.39. The summed E-state index contributed by atoms with van der Waals surface area (Å²) in [5.74, 6) is 0.522. The number of carbonyl (C=O) groups is 1. The topological polar surface area (TPSA) is 77.5 Å². The fourth-order valence-corrected chi connectivity index (χ4v) is 3.05. The molecule has 27 heavy (non-hydrogen) atoms. The maximum atomic E-state index is 13.1. The lowest BCUT2D eigenvalue weighted by Crippen LogP contribution is -2.19. The molecule has 0 aliphatic carbocycles. The number of furan rings is 1. The lowest BCUT2D eigenvalue weighted by molar-refractivity contribution is 0.100. The van der Waals surface area contributed by atoms with Crippen molar-refractivity contribution >= 4 is 39.8 Å². The molecule has 0 amide bonds. The van der Waals surface area contributed by atoms with Gasteiger partial charge in [-0.25, -0.2) is 0 Å². The van der Waals surface area contributed by atoms with Gasteiger partial charge in [0.1, 0.15) is 11.3 Å². The predicted molar refractivity (Wildman–Crippen MR) is 111 cm³/mol. The highest BCUT2D eigenvalue weighted by Crippen LogP contribution is 2.29. The zero-order valence-corrected chi connectivity index (χ0v) is 16.1. The van der Waals surface area contributed by atoms with E-state index < -0.39 is 0 Å². The number of fused-ring (bicyclic) bond motifs is 1. The Morgan fingerprint density at radius 1 is 1.26 bits per heavy atom. The van der Waals surface area contributed by atoms with Crippen LogP contribution in [0.5, 0.6) is 5.75 Å². The zero-order chi connectivity index (χ0) is 19.4. The van der Waals surface area contributed by atoms with E-state index in [1.807, 2.05) is 31.2 Å². The summed E-state index contributed by atoms with van der Waals surface area (Å²) in [5, 5.41) is 3.91.